The molecule has 4 rings (SSSR count). The number of benzene rings is 3. The van der Waals surface area contributed by atoms with E-state index in [1.807, 2.05) is 50.2 Å². The van der Waals surface area contributed by atoms with E-state index in [0.717, 1.165) is 28.5 Å². The Morgan fingerprint density at radius 3 is 2.54 bits per heavy atom. The number of aldehydes is 1. The molecule has 0 fully saturated rings. The zero-order valence-electron chi connectivity index (χ0n) is 15.6. The van der Waals surface area contributed by atoms with Crippen LogP contribution in [0.5, 0.6) is 11.5 Å². The van der Waals surface area contributed by atoms with E-state index in [2.05, 4.69) is 5.32 Å². The van der Waals surface area contributed by atoms with Gasteiger partial charge in [-0.25, -0.2) is 0 Å². The Morgan fingerprint density at radius 1 is 0.964 bits per heavy atom. The minimum Gasteiger partial charge on any atom is -0.454 e. The number of carbonyl (C=O) groups excluding carboxylic acids is 2. The van der Waals surface area contributed by atoms with Gasteiger partial charge in [0.05, 0.1) is 5.69 Å². The van der Waals surface area contributed by atoms with Gasteiger partial charge in [0.15, 0.2) is 17.8 Å². The van der Waals surface area contributed by atoms with E-state index in [9.17, 15) is 9.59 Å². The second kappa shape index (κ2) is 7.19. The molecular formula is C23H19NO4. The lowest BCUT2D eigenvalue weighted by atomic mass is 10.0. The first kappa shape index (κ1) is 17.8. The molecule has 0 aliphatic carbocycles. The van der Waals surface area contributed by atoms with Crippen LogP contribution in [0.2, 0.25) is 0 Å². The lowest BCUT2D eigenvalue weighted by Gasteiger charge is -2.13. The molecule has 0 atom stereocenters. The summed E-state index contributed by atoms with van der Waals surface area (Å²) in [5.74, 6) is 1.14. The van der Waals surface area contributed by atoms with Crippen molar-refractivity contribution in [1.82, 2.24) is 0 Å². The predicted molar refractivity (Wildman–Crippen MR) is 107 cm³/mol. The normalized spacial score (nSPS) is 11.9. The first-order valence-electron chi connectivity index (χ1n) is 8.93. The zero-order valence-corrected chi connectivity index (χ0v) is 15.6. The number of carbonyl (C=O) groups is 2. The monoisotopic (exact) mass is 373 g/mol. The van der Waals surface area contributed by atoms with Gasteiger partial charge in [-0.3, -0.25) is 9.59 Å². The highest BCUT2D eigenvalue weighted by molar-refractivity contribution is 6.07. The van der Waals surface area contributed by atoms with Crippen LogP contribution in [-0.2, 0) is 0 Å². The molecule has 0 saturated heterocycles. The average Bonchev–Trinajstić information content (AvgIpc) is 3.17. The number of fused-ring (bicyclic) bond motifs is 1. The summed E-state index contributed by atoms with van der Waals surface area (Å²) in [5, 5.41) is 2.88. The number of aryl methyl sites for hydroxylation is 1. The van der Waals surface area contributed by atoms with Crippen LogP contribution in [0.4, 0.5) is 5.69 Å². The maximum absolute atomic E-state index is 12.8. The minimum atomic E-state index is -0.243. The quantitative estimate of drug-likeness (QED) is 0.670. The van der Waals surface area contributed by atoms with E-state index in [1.54, 1.807) is 18.2 Å². The Bertz CT molecular complexity index is 1090. The molecule has 0 saturated carbocycles. The fourth-order valence-corrected chi connectivity index (χ4v) is 3.21. The predicted octanol–water partition coefficient (Wildman–Crippen LogP) is 4.76. The fraction of sp³-hybridized carbons (Fsp3) is 0.130. The summed E-state index contributed by atoms with van der Waals surface area (Å²) in [6.45, 7) is 4.08. The van der Waals surface area contributed by atoms with Crippen LogP contribution in [0, 0.1) is 13.8 Å². The van der Waals surface area contributed by atoms with Crippen molar-refractivity contribution in [1.29, 1.82) is 0 Å². The van der Waals surface area contributed by atoms with Gasteiger partial charge in [0.2, 0.25) is 6.79 Å². The molecule has 1 heterocycles. The standard InChI is InChI=1S/C23H19NO4/c1-14-4-3-5-19(15(14)2)23(26)24-20-10-16(6-7-18(20)12-25)17-8-9-21-22(11-17)28-13-27-21/h3-12H,13H2,1-2H3,(H,24,26). The average molecular weight is 373 g/mol. The van der Waals surface area contributed by atoms with Crippen molar-refractivity contribution in [2.75, 3.05) is 12.1 Å². The Balaban J connectivity index is 1.68. The lowest BCUT2D eigenvalue weighted by molar-refractivity contribution is 0.102. The molecular weight excluding hydrogens is 354 g/mol. The van der Waals surface area contributed by atoms with Crippen molar-refractivity contribution >= 4 is 17.9 Å². The van der Waals surface area contributed by atoms with Crippen molar-refractivity contribution in [3.8, 4) is 22.6 Å². The number of anilines is 1. The molecule has 0 radical (unpaired) electrons. The van der Waals surface area contributed by atoms with Crippen molar-refractivity contribution in [3.63, 3.8) is 0 Å². The number of ether oxygens (including phenoxy) is 2. The molecule has 1 amide bonds. The van der Waals surface area contributed by atoms with Crippen molar-refractivity contribution in [2.45, 2.75) is 13.8 Å². The Hall–Kier alpha value is -3.60. The van der Waals surface area contributed by atoms with Crippen LogP contribution in [0.3, 0.4) is 0 Å². The second-order valence-electron chi connectivity index (χ2n) is 6.69. The van der Waals surface area contributed by atoms with Gasteiger partial charge in [-0.05, 0) is 66.4 Å². The van der Waals surface area contributed by atoms with Gasteiger partial charge in [-0.15, -0.1) is 0 Å². The fourth-order valence-electron chi connectivity index (χ4n) is 3.21. The molecule has 3 aromatic carbocycles. The maximum Gasteiger partial charge on any atom is 0.255 e. The van der Waals surface area contributed by atoms with Crippen LogP contribution in [-0.4, -0.2) is 19.0 Å². The van der Waals surface area contributed by atoms with Gasteiger partial charge >= 0.3 is 0 Å². The van der Waals surface area contributed by atoms with Crippen LogP contribution in [0.15, 0.2) is 54.6 Å². The number of nitrogens with one attached hydrogen (secondary N) is 1. The second-order valence-corrected chi connectivity index (χ2v) is 6.69. The summed E-state index contributed by atoms with van der Waals surface area (Å²) in [4.78, 5) is 24.3. The van der Waals surface area contributed by atoms with E-state index in [-0.39, 0.29) is 12.7 Å². The molecule has 0 aromatic heterocycles. The number of hydrogen-bond acceptors (Lipinski definition) is 4. The Kier molecular flexibility index (Phi) is 4.57. The summed E-state index contributed by atoms with van der Waals surface area (Å²) < 4.78 is 10.8. The number of hydrogen-bond donors (Lipinski definition) is 1. The van der Waals surface area contributed by atoms with Gasteiger partial charge in [0.25, 0.3) is 5.91 Å². The number of rotatable bonds is 4. The van der Waals surface area contributed by atoms with Gasteiger partial charge in [0.1, 0.15) is 0 Å². The maximum atomic E-state index is 12.8. The highest BCUT2D eigenvalue weighted by Gasteiger charge is 2.16. The first-order chi connectivity index (χ1) is 13.6. The highest BCUT2D eigenvalue weighted by Crippen LogP contribution is 2.36. The molecule has 0 bridgehead atoms. The third kappa shape index (κ3) is 3.22. The Morgan fingerprint density at radius 2 is 1.71 bits per heavy atom. The smallest absolute Gasteiger partial charge is 0.255 e. The molecule has 1 aliphatic heterocycles. The van der Waals surface area contributed by atoms with E-state index in [4.69, 9.17) is 9.47 Å². The molecule has 1 N–H and O–H groups in total. The molecule has 28 heavy (non-hydrogen) atoms. The van der Waals surface area contributed by atoms with Crippen LogP contribution in [0.25, 0.3) is 11.1 Å². The summed E-state index contributed by atoms with van der Waals surface area (Å²) >= 11 is 0. The van der Waals surface area contributed by atoms with E-state index < -0.39 is 0 Å². The summed E-state index contributed by atoms with van der Waals surface area (Å²) in [5.41, 5.74) is 5.20. The molecule has 0 unspecified atom stereocenters. The molecule has 0 spiro atoms. The number of amides is 1. The summed E-state index contributed by atoms with van der Waals surface area (Å²) in [6.07, 6.45) is 0.738. The first-order valence-corrected chi connectivity index (χ1v) is 8.93. The van der Waals surface area contributed by atoms with Gasteiger partial charge < -0.3 is 14.8 Å². The third-order valence-corrected chi connectivity index (χ3v) is 4.98. The summed E-state index contributed by atoms with van der Waals surface area (Å²) in [7, 11) is 0. The molecule has 5 heteroatoms. The van der Waals surface area contributed by atoms with E-state index in [0.29, 0.717) is 28.3 Å². The molecule has 3 aromatic rings. The van der Waals surface area contributed by atoms with E-state index in [1.165, 1.54) is 0 Å². The van der Waals surface area contributed by atoms with Crippen molar-refractivity contribution < 1.29 is 19.1 Å². The SMILES string of the molecule is Cc1cccc(C(=O)Nc2cc(-c3ccc4c(c3)OCO4)ccc2C=O)c1C. The minimum absolute atomic E-state index is 0.208. The zero-order chi connectivity index (χ0) is 19.7. The van der Waals surface area contributed by atoms with Crippen molar-refractivity contribution in [2.24, 2.45) is 0 Å². The van der Waals surface area contributed by atoms with Gasteiger partial charge in [0, 0.05) is 11.1 Å². The molecule has 1 aliphatic rings. The van der Waals surface area contributed by atoms with E-state index >= 15 is 0 Å². The van der Waals surface area contributed by atoms with Gasteiger partial charge in [-0.1, -0.05) is 24.3 Å². The summed E-state index contributed by atoms with van der Waals surface area (Å²) in [6, 6.07) is 16.6. The van der Waals surface area contributed by atoms with Crippen LogP contribution < -0.4 is 14.8 Å². The Labute approximate surface area is 162 Å². The largest absolute Gasteiger partial charge is 0.454 e. The van der Waals surface area contributed by atoms with Crippen LogP contribution >= 0.6 is 0 Å². The van der Waals surface area contributed by atoms with Crippen LogP contribution in [0.1, 0.15) is 31.8 Å². The topological polar surface area (TPSA) is 64.6 Å². The lowest BCUT2D eigenvalue weighted by Crippen LogP contribution is -2.15. The molecule has 140 valence electrons. The third-order valence-electron chi connectivity index (χ3n) is 4.98. The molecule has 5 nitrogen and oxygen atoms in total. The highest BCUT2D eigenvalue weighted by atomic mass is 16.7. The van der Waals surface area contributed by atoms with Crippen molar-refractivity contribution in [3.05, 3.63) is 76.9 Å². The van der Waals surface area contributed by atoms with Gasteiger partial charge in [-0.2, -0.15) is 0 Å².